The average Bonchev–Trinajstić information content (AvgIpc) is 2.46. The number of piperidine rings is 1. The first-order valence-electron chi connectivity index (χ1n) is 7.03. The van der Waals surface area contributed by atoms with E-state index in [9.17, 15) is 9.90 Å². The molecule has 0 radical (unpaired) electrons. The van der Waals surface area contributed by atoms with Crippen molar-refractivity contribution < 1.29 is 9.90 Å². The predicted molar refractivity (Wildman–Crippen MR) is 81.2 cm³/mol. The molecule has 1 aromatic carbocycles. The summed E-state index contributed by atoms with van der Waals surface area (Å²) < 4.78 is 0. The minimum atomic E-state index is -0.246. The lowest BCUT2D eigenvalue weighted by Crippen LogP contribution is -2.39. The number of hydrogen-bond acceptors (Lipinski definition) is 2. The number of allylic oxidation sites excluding steroid dienone is 2. The monoisotopic (exact) mass is 271 g/mol. The first kappa shape index (κ1) is 14.5. The summed E-state index contributed by atoms with van der Waals surface area (Å²) in [5, 5.41) is 9.40. The van der Waals surface area contributed by atoms with Gasteiger partial charge in [-0.05, 0) is 25.3 Å². The van der Waals surface area contributed by atoms with Gasteiger partial charge >= 0.3 is 0 Å². The van der Waals surface area contributed by atoms with Crippen molar-refractivity contribution in [3.8, 4) is 0 Å². The summed E-state index contributed by atoms with van der Waals surface area (Å²) in [7, 11) is 0. The highest BCUT2D eigenvalue weighted by Gasteiger charge is 2.19. The fraction of sp³-hybridized carbons (Fsp3) is 0.353. The highest BCUT2D eigenvalue weighted by molar-refractivity contribution is 5.88. The molecule has 0 aliphatic carbocycles. The molecule has 1 aliphatic heterocycles. The van der Waals surface area contributed by atoms with Crippen LogP contribution in [0.1, 0.15) is 24.0 Å². The van der Waals surface area contributed by atoms with Gasteiger partial charge in [-0.1, -0.05) is 48.1 Å². The third kappa shape index (κ3) is 4.35. The van der Waals surface area contributed by atoms with Gasteiger partial charge in [0.05, 0.1) is 6.10 Å². The van der Waals surface area contributed by atoms with E-state index in [2.05, 4.69) is 19.1 Å². The number of benzene rings is 1. The van der Waals surface area contributed by atoms with Gasteiger partial charge in [-0.3, -0.25) is 4.79 Å². The van der Waals surface area contributed by atoms with Crippen LogP contribution in [-0.4, -0.2) is 35.1 Å². The van der Waals surface area contributed by atoms with Gasteiger partial charge in [-0.2, -0.15) is 0 Å². The van der Waals surface area contributed by atoms with Crippen LogP contribution in [0.4, 0.5) is 0 Å². The van der Waals surface area contributed by atoms with E-state index >= 15 is 0 Å². The lowest BCUT2D eigenvalue weighted by Gasteiger charge is -2.28. The lowest BCUT2D eigenvalue weighted by atomic mass is 10.1. The van der Waals surface area contributed by atoms with Crippen molar-refractivity contribution in [3.63, 3.8) is 0 Å². The van der Waals surface area contributed by atoms with Gasteiger partial charge in [-0.25, -0.2) is 0 Å². The summed E-state index contributed by atoms with van der Waals surface area (Å²) >= 11 is 0. The van der Waals surface area contributed by atoms with E-state index in [-0.39, 0.29) is 12.0 Å². The van der Waals surface area contributed by atoms with Crippen LogP contribution in [0.25, 0.3) is 6.08 Å². The zero-order chi connectivity index (χ0) is 14.4. The van der Waals surface area contributed by atoms with E-state index in [0.717, 1.165) is 5.56 Å². The van der Waals surface area contributed by atoms with Crippen molar-refractivity contribution in [1.29, 1.82) is 0 Å². The van der Waals surface area contributed by atoms with E-state index in [0.29, 0.717) is 25.9 Å². The minimum Gasteiger partial charge on any atom is -0.393 e. The summed E-state index contributed by atoms with van der Waals surface area (Å²) in [6.45, 7) is 3.35. The molecule has 1 heterocycles. The standard InChI is InChI=1S/C17H21NO2/c1-14-6-8-15(9-7-14)4-2-3-5-17(20)18-12-10-16(19)11-13-18/h2-9,16,19H,10-13H2,1H3/b4-2+,5-3+. The Hall–Kier alpha value is -1.87. The second-order valence-corrected chi connectivity index (χ2v) is 5.19. The van der Waals surface area contributed by atoms with Crippen LogP contribution in [0.2, 0.25) is 0 Å². The maximum absolute atomic E-state index is 11.9. The molecule has 1 amide bonds. The molecule has 1 N–H and O–H groups in total. The van der Waals surface area contributed by atoms with E-state index in [1.54, 1.807) is 17.1 Å². The second-order valence-electron chi connectivity index (χ2n) is 5.19. The Bertz CT molecular complexity index is 494. The van der Waals surface area contributed by atoms with Crippen molar-refractivity contribution in [2.45, 2.75) is 25.9 Å². The molecule has 1 aromatic rings. The first-order chi connectivity index (χ1) is 9.65. The van der Waals surface area contributed by atoms with Gasteiger partial charge in [0, 0.05) is 19.2 Å². The topological polar surface area (TPSA) is 40.5 Å². The molecule has 1 aliphatic rings. The number of aliphatic hydroxyl groups excluding tert-OH is 1. The van der Waals surface area contributed by atoms with Crippen LogP contribution in [0.5, 0.6) is 0 Å². The van der Waals surface area contributed by atoms with Crippen molar-refractivity contribution in [3.05, 3.63) is 53.6 Å². The summed E-state index contributed by atoms with van der Waals surface area (Å²) in [6, 6.07) is 8.22. The zero-order valence-electron chi connectivity index (χ0n) is 11.8. The number of hydrogen-bond donors (Lipinski definition) is 1. The summed E-state index contributed by atoms with van der Waals surface area (Å²) in [5.74, 6) is 0.0189. The summed E-state index contributed by atoms with van der Waals surface area (Å²) in [5.41, 5.74) is 2.36. The van der Waals surface area contributed by atoms with Gasteiger partial charge in [-0.15, -0.1) is 0 Å². The molecule has 0 saturated carbocycles. The molecule has 106 valence electrons. The van der Waals surface area contributed by atoms with Crippen LogP contribution in [0.15, 0.2) is 42.5 Å². The van der Waals surface area contributed by atoms with Crippen LogP contribution in [0, 0.1) is 6.92 Å². The molecular weight excluding hydrogens is 250 g/mol. The Morgan fingerprint density at radius 3 is 2.50 bits per heavy atom. The predicted octanol–water partition coefficient (Wildman–Crippen LogP) is 2.55. The van der Waals surface area contributed by atoms with E-state index in [4.69, 9.17) is 0 Å². The van der Waals surface area contributed by atoms with Gasteiger partial charge in [0.25, 0.3) is 0 Å². The molecule has 0 bridgehead atoms. The first-order valence-corrected chi connectivity index (χ1v) is 7.03. The van der Waals surface area contributed by atoms with E-state index < -0.39 is 0 Å². The van der Waals surface area contributed by atoms with E-state index in [1.165, 1.54) is 5.56 Å². The zero-order valence-corrected chi connectivity index (χ0v) is 11.8. The SMILES string of the molecule is Cc1ccc(/C=C/C=C/C(=O)N2CCC(O)CC2)cc1. The fourth-order valence-corrected chi connectivity index (χ4v) is 2.17. The Balaban J connectivity index is 1.83. The Morgan fingerprint density at radius 1 is 1.20 bits per heavy atom. The molecule has 3 heteroatoms. The third-order valence-electron chi connectivity index (χ3n) is 3.49. The van der Waals surface area contributed by atoms with Gasteiger partial charge < -0.3 is 10.0 Å². The number of carbonyl (C=O) groups is 1. The highest BCUT2D eigenvalue weighted by Crippen LogP contribution is 2.10. The molecule has 20 heavy (non-hydrogen) atoms. The van der Waals surface area contributed by atoms with Crippen molar-refractivity contribution in [1.82, 2.24) is 4.90 Å². The molecule has 1 saturated heterocycles. The van der Waals surface area contributed by atoms with Crippen molar-refractivity contribution in [2.75, 3.05) is 13.1 Å². The molecule has 0 unspecified atom stereocenters. The number of aliphatic hydroxyl groups is 1. The van der Waals surface area contributed by atoms with Crippen LogP contribution < -0.4 is 0 Å². The van der Waals surface area contributed by atoms with Gasteiger partial charge in [0.1, 0.15) is 0 Å². The van der Waals surface area contributed by atoms with Crippen molar-refractivity contribution in [2.24, 2.45) is 0 Å². The number of carbonyl (C=O) groups excluding carboxylic acids is 1. The molecule has 3 nitrogen and oxygen atoms in total. The summed E-state index contributed by atoms with van der Waals surface area (Å²) in [4.78, 5) is 13.7. The van der Waals surface area contributed by atoms with Gasteiger partial charge in [0.2, 0.25) is 5.91 Å². The largest absolute Gasteiger partial charge is 0.393 e. The second kappa shape index (κ2) is 7.06. The molecule has 0 aromatic heterocycles. The van der Waals surface area contributed by atoms with Crippen LogP contribution >= 0.6 is 0 Å². The molecule has 0 atom stereocenters. The van der Waals surface area contributed by atoms with Crippen LogP contribution in [-0.2, 0) is 4.79 Å². The number of aryl methyl sites for hydroxylation is 1. The number of likely N-dealkylation sites (tertiary alicyclic amines) is 1. The Morgan fingerprint density at radius 2 is 1.85 bits per heavy atom. The highest BCUT2D eigenvalue weighted by atomic mass is 16.3. The molecule has 1 fully saturated rings. The maximum atomic E-state index is 11.9. The molecular formula is C17H21NO2. The third-order valence-corrected chi connectivity index (χ3v) is 3.49. The number of rotatable bonds is 3. The summed E-state index contributed by atoms with van der Waals surface area (Å²) in [6.07, 6.45) is 8.32. The quantitative estimate of drug-likeness (QED) is 0.678. The number of amides is 1. The van der Waals surface area contributed by atoms with Gasteiger partial charge in [0.15, 0.2) is 0 Å². The Labute approximate surface area is 120 Å². The minimum absolute atomic E-state index is 0.0189. The number of nitrogens with zero attached hydrogens (tertiary/aromatic N) is 1. The maximum Gasteiger partial charge on any atom is 0.246 e. The normalized spacial score (nSPS) is 17.2. The van der Waals surface area contributed by atoms with E-state index in [1.807, 2.05) is 24.3 Å². The molecule has 2 rings (SSSR count). The average molecular weight is 271 g/mol. The molecule has 0 spiro atoms. The smallest absolute Gasteiger partial charge is 0.246 e. The Kier molecular flexibility index (Phi) is 5.13. The van der Waals surface area contributed by atoms with Crippen LogP contribution in [0.3, 0.4) is 0 Å². The van der Waals surface area contributed by atoms with Crippen molar-refractivity contribution >= 4 is 12.0 Å². The lowest BCUT2D eigenvalue weighted by molar-refractivity contribution is -0.127. The fourth-order valence-electron chi connectivity index (χ4n) is 2.17.